The molecule has 1 N–H and O–H groups in total. The Kier molecular flexibility index (Phi) is 3.76. The van der Waals surface area contributed by atoms with E-state index in [9.17, 15) is 9.18 Å². The Morgan fingerprint density at radius 2 is 1.94 bits per heavy atom. The number of rotatable bonds is 2. The Hall–Kier alpha value is -4.07. The molecule has 0 aliphatic carbocycles. The van der Waals surface area contributed by atoms with Crippen LogP contribution >= 0.6 is 0 Å². The first kappa shape index (κ1) is 18.5. The number of fused-ring (bicyclic) bond motifs is 6. The van der Waals surface area contributed by atoms with Crippen LogP contribution in [0.4, 0.5) is 14.9 Å². The van der Waals surface area contributed by atoms with Gasteiger partial charge in [-0.1, -0.05) is 12.1 Å². The van der Waals surface area contributed by atoms with Crippen LogP contribution in [0.15, 0.2) is 67.1 Å². The minimum absolute atomic E-state index is 0.0332. The molecule has 2 saturated heterocycles. The average Bonchev–Trinajstić information content (AvgIpc) is 3.56. The number of nitrogens with zero attached hydrogens (tertiary/aromatic N) is 4. The summed E-state index contributed by atoms with van der Waals surface area (Å²) >= 11 is 0. The Morgan fingerprint density at radius 3 is 2.79 bits per heavy atom. The molecule has 3 aliphatic heterocycles. The summed E-state index contributed by atoms with van der Waals surface area (Å²) in [6.45, 7) is 2.11. The fourth-order valence-electron chi connectivity index (χ4n) is 5.20. The first-order chi connectivity index (χ1) is 16.1. The number of benzene rings is 2. The zero-order chi connectivity index (χ0) is 22.1. The fraction of sp³-hybridized carbons (Fsp3) is 0.200. The van der Waals surface area contributed by atoms with E-state index in [0.29, 0.717) is 13.1 Å². The molecule has 164 valence electrons. The van der Waals surface area contributed by atoms with Crippen molar-refractivity contribution in [3.05, 3.63) is 78.5 Å². The van der Waals surface area contributed by atoms with Gasteiger partial charge < -0.3 is 19.5 Å². The number of hydrogen-bond donors (Lipinski definition) is 1. The summed E-state index contributed by atoms with van der Waals surface area (Å²) in [5.74, 6) is 0.634. The average molecular weight is 441 g/mol. The summed E-state index contributed by atoms with van der Waals surface area (Å²) in [7, 11) is 0. The largest absolute Gasteiger partial charge is 0.442 e. The number of anilines is 1. The van der Waals surface area contributed by atoms with Crippen LogP contribution in [-0.2, 0) is 11.3 Å². The summed E-state index contributed by atoms with van der Waals surface area (Å²) in [5.41, 5.74) is 6.39. The molecule has 8 heteroatoms. The molecular formula is C25H20FN5O2. The number of hydrogen-bond acceptors (Lipinski definition) is 4. The smallest absolute Gasteiger partial charge is 0.407 e. The van der Waals surface area contributed by atoms with Crippen LogP contribution in [-0.4, -0.2) is 45.4 Å². The van der Waals surface area contributed by atoms with Crippen LogP contribution in [0.5, 0.6) is 0 Å². The zero-order valence-corrected chi connectivity index (χ0v) is 17.6. The molecule has 3 aliphatic rings. The molecule has 0 unspecified atom stereocenters. The molecule has 4 aromatic rings. The van der Waals surface area contributed by atoms with E-state index >= 15 is 0 Å². The van der Waals surface area contributed by atoms with Crippen molar-refractivity contribution in [3.8, 4) is 28.3 Å². The van der Waals surface area contributed by atoms with Crippen LogP contribution in [0.3, 0.4) is 0 Å². The number of carbonyl (C=O) groups is 1. The highest BCUT2D eigenvalue weighted by Gasteiger charge is 2.42. The molecule has 0 spiro atoms. The lowest BCUT2D eigenvalue weighted by Gasteiger charge is -2.21. The van der Waals surface area contributed by atoms with E-state index in [0.717, 1.165) is 40.6 Å². The lowest BCUT2D eigenvalue weighted by Crippen LogP contribution is -2.32. The van der Waals surface area contributed by atoms with Gasteiger partial charge in [-0.2, -0.15) is 0 Å². The van der Waals surface area contributed by atoms with Crippen LogP contribution in [0, 0.1) is 5.82 Å². The van der Waals surface area contributed by atoms with Gasteiger partial charge in [-0.25, -0.2) is 14.2 Å². The second-order valence-electron chi connectivity index (χ2n) is 8.78. The van der Waals surface area contributed by atoms with Gasteiger partial charge >= 0.3 is 6.09 Å². The number of halogens is 1. The third kappa shape index (κ3) is 2.87. The number of nitrogens with one attached hydrogen (secondary N) is 1. The van der Waals surface area contributed by atoms with Crippen molar-refractivity contribution in [2.24, 2.45) is 0 Å². The minimum atomic E-state index is -0.323. The van der Waals surface area contributed by atoms with E-state index in [-0.39, 0.29) is 24.1 Å². The van der Waals surface area contributed by atoms with Crippen molar-refractivity contribution in [3.63, 3.8) is 0 Å². The third-order valence-corrected chi connectivity index (χ3v) is 6.80. The second-order valence-corrected chi connectivity index (χ2v) is 8.78. The molecule has 0 saturated carbocycles. The molecule has 5 heterocycles. The van der Waals surface area contributed by atoms with E-state index in [1.54, 1.807) is 12.1 Å². The maximum absolute atomic E-state index is 13.4. The summed E-state index contributed by atoms with van der Waals surface area (Å²) in [6, 6.07) is 15.2. The third-order valence-electron chi connectivity index (χ3n) is 6.80. The summed E-state index contributed by atoms with van der Waals surface area (Å²) in [4.78, 5) is 18.4. The van der Waals surface area contributed by atoms with E-state index < -0.39 is 0 Å². The van der Waals surface area contributed by atoms with Crippen molar-refractivity contribution in [2.45, 2.75) is 18.7 Å². The zero-order valence-electron chi connectivity index (χ0n) is 17.6. The van der Waals surface area contributed by atoms with Gasteiger partial charge in [0.1, 0.15) is 11.9 Å². The van der Waals surface area contributed by atoms with E-state index in [4.69, 9.17) is 4.74 Å². The number of carbonyl (C=O) groups excluding carboxylic acids is 1. The molecule has 0 bridgehead atoms. The Labute approximate surface area is 189 Å². The number of alkyl carbamates (subject to hydrolysis) is 1. The van der Waals surface area contributed by atoms with E-state index in [2.05, 4.69) is 54.8 Å². The first-order valence-electron chi connectivity index (χ1n) is 11.0. The van der Waals surface area contributed by atoms with Crippen LogP contribution in [0.25, 0.3) is 28.3 Å². The highest BCUT2D eigenvalue weighted by molar-refractivity contribution is 5.73. The Morgan fingerprint density at radius 1 is 1.06 bits per heavy atom. The van der Waals surface area contributed by atoms with Gasteiger partial charge in [-0.05, 0) is 47.5 Å². The minimum Gasteiger partial charge on any atom is -0.442 e. The van der Waals surface area contributed by atoms with Gasteiger partial charge in [-0.3, -0.25) is 4.57 Å². The van der Waals surface area contributed by atoms with Gasteiger partial charge in [0, 0.05) is 42.9 Å². The SMILES string of the molecule is O=C1N[C@@H]2CN(c3ccc4c(c3)Cn3cc(-c5ccc(F)cc5)cc3-c3nccn3-4)C[C@@H]2O1. The number of amides is 1. The standard InChI is InChI=1S/C25H20FN5O2/c26-18-3-1-15(2-4-18)16-10-22-24-27-7-8-31(24)21-6-5-19(9-17(21)12-30(22)11-16)29-13-20-23(14-29)33-25(32)28-20/h1-11,20,23H,12-14H2,(H,28,32)/t20-,23+/m1/s1. The van der Waals surface area contributed by atoms with Crippen molar-refractivity contribution in [1.82, 2.24) is 19.4 Å². The second kappa shape index (κ2) is 6.71. The molecule has 33 heavy (non-hydrogen) atoms. The highest BCUT2D eigenvalue weighted by Crippen LogP contribution is 2.36. The summed E-state index contributed by atoms with van der Waals surface area (Å²) in [6.07, 6.45) is 5.47. The Bertz CT molecular complexity index is 1390. The van der Waals surface area contributed by atoms with Crippen LogP contribution in [0.1, 0.15) is 5.56 Å². The first-order valence-corrected chi connectivity index (χ1v) is 11.0. The lowest BCUT2D eigenvalue weighted by atomic mass is 10.1. The molecular weight excluding hydrogens is 421 g/mol. The molecule has 2 fully saturated rings. The predicted molar refractivity (Wildman–Crippen MR) is 121 cm³/mol. The number of ether oxygens (including phenoxy) is 1. The van der Waals surface area contributed by atoms with Gasteiger partial charge in [0.05, 0.1) is 24.0 Å². The van der Waals surface area contributed by atoms with Crippen LogP contribution in [0.2, 0.25) is 0 Å². The lowest BCUT2D eigenvalue weighted by molar-refractivity contribution is 0.144. The van der Waals surface area contributed by atoms with Crippen LogP contribution < -0.4 is 10.2 Å². The number of imidazole rings is 1. The summed E-state index contributed by atoms with van der Waals surface area (Å²) < 4.78 is 23.1. The maximum Gasteiger partial charge on any atom is 0.407 e. The van der Waals surface area contributed by atoms with Crippen molar-refractivity contribution >= 4 is 11.8 Å². The van der Waals surface area contributed by atoms with Crippen molar-refractivity contribution < 1.29 is 13.9 Å². The van der Waals surface area contributed by atoms with E-state index in [1.807, 2.05) is 12.4 Å². The maximum atomic E-state index is 13.4. The topological polar surface area (TPSA) is 64.3 Å². The molecule has 7 rings (SSSR count). The molecule has 1 amide bonds. The van der Waals surface area contributed by atoms with Gasteiger partial charge in [0.15, 0.2) is 5.82 Å². The van der Waals surface area contributed by atoms with Gasteiger partial charge in [0.2, 0.25) is 0 Å². The highest BCUT2D eigenvalue weighted by atomic mass is 19.1. The van der Waals surface area contributed by atoms with Crippen molar-refractivity contribution in [2.75, 3.05) is 18.0 Å². The molecule has 2 atom stereocenters. The summed E-state index contributed by atoms with van der Waals surface area (Å²) in [5, 5.41) is 2.89. The molecule has 7 nitrogen and oxygen atoms in total. The molecule has 2 aromatic heterocycles. The molecule has 2 aromatic carbocycles. The normalized spacial score (nSPS) is 20.4. The Balaban J connectivity index is 1.28. The predicted octanol–water partition coefficient (Wildman–Crippen LogP) is 3.81. The molecule has 0 radical (unpaired) electrons. The monoisotopic (exact) mass is 441 g/mol. The quantitative estimate of drug-likeness (QED) is 0.453. The van der Waals surface area contributed by atoms with Gasteiger partial charge in [0.25, 0.3) is 0 Å². The van der Waals surface area contributed by atoms with Gasteiger partial charge in [-0.15, -0.1) is 0 Å². The fourth-order valence-corrected chi connectivity index (χ4v) is 5.20. The number of aromatic nitrogens is 3. The van der Waals surface area contributed by atoms with E-state index in [1.165, 1.54) is 17.7 Å². The van der Waals surface area contributed by atoms with Crippen molar-refractivity contribution in [1.29, 1.82) is 0 Å².